The van der Waals surface area contributed by atoms with E-state index in [1.54, 1.807) is 26.4 Å². The zero-order chi connectivity index (χ0) is 27.3. The number of aromatic nitrogens is 3. The molecule has 0 saturated heterocycles. The Morgan fingerprint density at radius 3 is 2.67 bits per heavy atom. The van der Waals surface area contributed by atoms with Gasteiger partial charge in [-0.05, 0) is 77.9 Å². The summed E-state index contributed by atoms with van der Waals surface area (Å²) in [5, 5.41) is 1.05. The van der Waals surface area contributed by atoms with Crippen LogP contribution in [0.4, 0.5) is 10.2 Å². The minimum atomic E-state index is -0.294. The van der Waals surface area contributed by atoms with Crippen molar-refractivity contribution in [3.05, 3.63) is 83.1 Å². The summed E-state index contributed by atoms with van der Waals surface area (Å²) in [6.45, 7) is 1.46. The van der Waals surface area contributed by atoms with Gasteiger partial charge in [-0.2, -0.15) is 0 Å². The molecule has 4 heterocycles. The molecule has 7 nitrogen and oxygen atoms in total. The van der Waals surface area contributed by atoms with E-state index < -0.39 is 0 Å². The number of aryl methyl sites for hydroxylation is 1. The number of anilines is 1. The first-order valence-corrected chi connectivity index (χ1v) is 13.3. The lowest BCUT2D eigenvalue weighted by Gasteiger charge is -2.19. The van der Waals surface area contributed by atoms with Gasteiger partial charge >= 0.3 is 0 Å². The molecule has 0 radical (unpaired) electrons. The number of nitrogens with zero attached hydrogens (tertiary/aromatic N) is 5. The molecule has 1 saturated carbocycles. The van der Waals surface area contributed by atoms with Crippen molar-refractivity contribution in [2.75, 3.05) is 32.9 Å². The molecule has 3 aromatic heterocycles. The molecule has 0 bridgehead atoms. The summed E-state index contributed by atoms with van der Waals surface area (Å²) in [6.07, 6.45) is 10.7. The highest BCUT2D eigenvalue weighted by Crippen LogP contribution is 2.45. The Balaban J connectivity index is 1.31. The second-order valence-corrected chi connectivity index (χ2v) is 10.7. The summed E-state index contributed by atoms with van der Waals surface area (Å²) in [4.78, 5) is 22.9. The van der Waals surface area contributed by atoms with E-state index >= 15 is 4.39 Å². The van der Waals surface area contributed by atoms with Gasteiger partial charge in [0.2, 0.25) is 0 Å². The van der Waals surface area contributed by atoms with Crippen molar-refractivity contribution in [2.24, 2.45) is 7.05 Å². The average molecular weight is 524 g/mol. The van der Waals surface area contributed by atoms with Crippen molar-refractivity contribution >= 4 is 34.5 Å². The van der Waals surface area contributed by atoms with E-state index in [4.69, 9.17) is 5.73 Å². The summed E-state index contributed by atoms with van der Waals surface area (Å²) in [5.41, 5.74) is 12.9. The molecule has 6 rings (SSSR count). The average Bonchev–Trinajstić information content (AvgIpc) is 3.73. The summed E-state index contributed by atoms with van der Waals surface area (Å²) in [6, 6.07) is 11.2. The van der Waals surface area contributed by atoms with Crippen LogP contribution in [0.2, 0.25) is 0 Å². The van der Waals surface area contributed by atoms with E-state index in [1.807, 2.05) is 31.4 Å². The lowest BCUT2D eigenvalue weighted by molar-refractivity contribution is -0.514. The number of benzene rings is 1. The van der Waals surface area contributed by atoms with Crippen LogP contribution in [0.5, 0.6) is 0 Å². The van der Waals surface area contributed by atoms with Crippen molar-refractivity contribution in [3.8, 4) is 11.1 Å². The molecule has 39 heavy (non-hydrogen) atoms. The number of hydrogen-bond acceptors (Lipinski definition) is 4. The Kier molecular flexibility index (Phi) is 6.25. The first-order valence-electron chi connectivity index (χ1n) is 13.3. The van der Waals surface area contributed by atoms with Crippen molar-refractivity contribution < 1.29 is 13.8 Å². The predicted molar refractivity (Wildman–Crippen MR) is 153 cm³/mol. The van der Waals surface area contributed by atoms with Gasteiger partial charge in [0.1, 0.15) is 29.5 Å². The number of pyridine rings is 2. The number of carbonyl (C=O) groups excluding carboxylic acids is 1. The van der Waals surface area contributed by atoms with Gasteiger partial charge in [-0.25, -0.2) is 18.9 Å². The van der Waals surface area contributed by atoms with Gasteiger partial charge in [-0.1, -0.05) is 0 Å². The van der Waals surface area contributed by atoms with Gasteiger partial charge in [0.05, 0.1) is 0 Å². The molecule has 0 spiro atoms. The minimum Gasteiger partial charge on any atom is -0.384 e. The highest BCUT2D eigenvalue weighted by atomic mass is 19.1. The highest BCUT2D eigenvalue weighted by Gasteiger charge is 2.31. The van der Waals surface area contributed by atoms with Crippen LogP contribution in [-0.2, 0) is 7.05 Å². The molecule has 0 atom stereocenters. The number of nitrogen functional groups attached to an aromatic ring is 1. The lowest BCUT2D eigenvalue weighted by atomic mass is 9.90. The van der Waals surface area contributed by atoms with Crippen LogP contribution in [0, 0.1) is 5.82 Å². The second kappa shape index (κ2) is 9.76. The zero-order valence-electron chi connectivity index (χ0n) is 22.5. The molecule has 1 aliphatic heterocycles. The van der Waals surface area contributed by atoms with Crippen LogP contribution in [0.3, 0.4) is 0 Å². The fraction of sp³-hybridized carbons (Fsp3) is 0.290. The number of fused-ring (bicyclic) bond motifs is 1. The molecule has 1 amide bonds. The number of hydrogen-bond donors (Lipinski definition) is 1. The van der Waals surface area contributed by atoms with Crippen LogP contribution < -0.4 is 5.73 Å². The third-order valence-corrected chi connectivity index (χ3v) is 7.73. The normalized spacial score (nSPS) is 16.5. The Morgan fingerprint density at radius 1 is 1.18 bits per heavy atom. The van der Waals surface area contributed by atoms with E-state index in [2.05, 4.69) is 37.5 Å². The van der Waals surface area contributed by atoms with E-state index in [0.717, 1.165) is 64.8 Å². The first kappa shape index (κ1) is 25.0. The molecular weight excluding hydrogens is 491 g/mol. The smallest absolute Gasteiger partial charge is 0.253 e. The summed E-state index contributed by atoms with van der Waals surface area (Å²) in [5.74, 6) is 0.369. The SMILES string of the molecule is CN(C)C(=O)c1cc(F)c(C2=CC[N+](=Cc3cc4c(-c5ccc(N)nc5)ccnc4n3C)CC2)c(C2CC2)c1. The fourth-order valence-electron chi connectivity index (χ4n) is 5.46. The maximum atomic E-state index is 15.5. The lowest BCUT2D eigenvalue weighted by Crippen LogP contribution is -2.23. The van der Waals surface area contributed by atoms with Crippen LogP contribution >= 0.6 is 0 Å². The maximum Gasteiger partial charge on any atom is 0.253 e. The molecule has 0 unspecified atom stereocenters. The third kappa shape index (κ3) is 4.71. The van der Waals surface area contributed by atoms with E-state index in [-0.39, 0.29) is 11.7 Å². The summed E-state index contributed by atoms with van der Waals surface area (Å²) in [7, 11) is 5.41. The maximum absolute atomic E-state index is 15.5. The van der Waals surface area contributed by atoms with Gasteiger partial charge < -0.3 is 15.2 Å². The third-order valence-electron chi connectivity index (χ3n) is 7.73. The number of halogens is 1. The fourth-order valence-corrected chi connectivity index (χ4v) is 5.46. The Hall–Kier alpha value is -4.33. The zero-order valence-corrected chi connectivity index (χ0v) is 22.5. The van der Waals surface area contributed by atoms with Crippen LogP contribution in [0.15, 0.2) is 54.9 Å². The van der Waals surface area contributed by atoms with Crippen molar-refractivity contribution in [3.63, 3.8) is 0 Å². The summed E-state index contributed by atoms with van der Waals surface area (Å²) < 4.78 is 19.8. The number of amides is 1. The molecule has 8 heteroatoms. The second-order valence-electron chi connectivity index (χ2n) is 10.7. The Morgan fingerprint density at radius 2 is 2.00 bits per heavy atom. The number of carbonyl (C=O) groups is 1. The first-order chi connectivity index (χ1) is 18.8. The van der Waals surface area contributed by atoms with E-state index in [1.165, 1.54) is 11.0 Å². The minimum absolute atomic E-state index is 0.166. The molecule has 4 aromatic rings. The molecule has 198 valence electrons. The van der Waals surface area contributed by atoms with Gasteiger partial charge in [0.25, 0.3) is 5.91 Å². The van der Waals surface area contributed by atoms with Gasteiger partial charge in [-0.3, -0.25) is 4.79 Å². The number of nitrogens with two attached hydrogens (primary N) is 1. The van der Waals surface area contributed by atoms with Crippen LogP contribution in [0.25, 0.3) is 27.7 Å². The van der Waals surface area contributed by atoms with Crippen molar-refractivity contribution in [2.45, 2.75) is 25.2 Å². The van der Waals surface area contributed by atoms with Crippen molar-refractivity contribution in [1.82, 2.24) is 19.4 Å². The van der Waals surface area contributed by atoms with E-state index in [9.17, 15) is 4.79 Å². The number of rotatable bonds is 5. The Bertz CT molecular complexity index is 1660. The summed E-state index contributed by atoms with van der Waals surface area (Å²) >= 11 is 0. The highest BCUT2D eigenvalue weighted by molar-refractivity contribution is 5.97. The molecular formula is C31H32FN6O+. The van der Waals surface area contributed by atoms with Gasteiger partial charge in [0.15, 0.2) is 12.8 Å². The molecule has 1 fully saturated rings. The Labute approximate surface area is 227 Å². The van der Waals surface area contributed by atoms with Crippen LogP contribution in [0.1, 0.15) is 52.4 Å². The topological polar surface area (TPSA) is 80.1 Å². The van der Waals surface area contributed by atoms with Crippen LogP contribution in [-0.4, -0.2) is 63.3 Å². The largest absolute Gasteiger partial charge is 0.384 e. The van der Waals surface area contributed by atoms with E-state index in [0.29, 0.717) is 29.4 Å². The molecule has 1 aromatic carbocycles. The van der Waals surface area contributed by atoms with Gasteiger partial charge in [0, 0.05) is 62.0 Å². The predicted octanol–water partition coefficient (Wildman–Crippen LogP) is 4.85. The standard InChI is InChI=1S/C31H31FN6O/c1-36(2)31(39)22-14-25(19-4-5-19)29(27(32)15-22)20-9-12-38(13-10-20)18-23-16-26-24(8-11-34-30(26)37(23)3)21-6-7-28(33)35-17-21/h6-9,11,14-19,33H,4-5,10,12-13H2,1-3H3/p+1. The quantitative estimate of drug-likeness (QED) is 0.379. The molecule has 1 aliphatic carbocycles. The molecule has 2 N–H and O–H groups in total. The van der Waals surface area contributed by atoms with Gasteiger partial charge in [-0.15, -0.1) is 0 Å². The molecule has 2 aliphatic rings. The van der Waals surface area contributed by atoms with Crippen molar-refractivity contribution in [1.29, 1.82) is 0 Å². The monoisotopic (exact) mass is 523 g/mol.